The van der Waals surface area contributed by atoms with Gasteiger partial charge in [0.25, 0.3) is 0 Å². The maximum absolute atomic E-state index is 10.2. The first-order chi connectivity index (χ1) is 7.09. The molecule has 5 heteroatoms. The highest BCUT2D eigenvalue weighted by Crippen LogP contribution is 2.03. The van der Waals surface area contributed by atoms with Crippen molar-refractivity contribution in [1.29, 1.82) is 0 Å². The van der Waals surface area contributed by atoms with Gasteiger partial charge in [0.15, 0.2) is 0 Å². The molecule has 0 unspecified atom stereocenters. The molecule has 0 aromatic carbocycles. The van der Waals surface area contributed by atoms with Gasteiger partial charge in [0.2, 0.25) is 0 Å². The smallest absolute Gasteiger partial charge is 0.303 e. The summed E-state index contributed by atoms with van der Waals surface area (Å²) in [4.78, 5) is 10.2. The number of nitrogens with zero attached hydrogens (tertiary/aromatic N) is 2. The highest BCUT2D eigenvalue weighted by atomic mass is 16.4. The van der Waals surface area contributed by atoms with Crippen molar-refractivity contribution in [2.24, 2.45) is 7.05 Å². The van der Waals surface area contributed by atoms with Crippen LogP contribution in [-0.2, 0) is 18.4 Å². The topological polar surface area (TPSA) is 67.2 Å². The minimum atomic E-state index is -0.741. The molecule has 1 aromatic rings. The van der Waals surface area contributed by atoms with E-state index in [1.165, 1.54) is 0 Å². The van der Waals surface area contributed by atoms with Gasteiger partial charge >= 0.3 is 5.97 Å². The zero-order valence-corrected chi connectivity index (χ0v) is 9.16. The van der Waals surface area contributed by atoms with E-state index in [4.69, 9.17) is 5.11 Å². The minimum absolute atomic E-state index is 0.221. The van der Waals surface area contributed by atoms with Crippen LogP contribution in [0.2, 0.25) is 0 Å². The summed E-state index contributed by atoms with van der Waals surface area (Å²) in [5.74, 6) is -0.741. The molecule has 0 fully saturated rings. The van der Waals surface area contributed by atoms with Gasteiger partial charge in [-0.05, 0) is 19.9 Å². The molecule has 0 radical (unpaired) electrons. The molecule has 0 saturated heterocycles. The molecule has 84 valence electrons. The predicted octanol–water partition coefficient (Wildman–Crippen LogP) is 0.683. The number of carbonyl (C=O) groups is 1. The Morgan fingerprint density at radius 3 is 2.93 bits per heavy atom. The lowest BCUT2D eigenvalue weighted by Gasteiger charge is -2.01. The fraction of sp³-hybridized carbons (Fsp3) is 0.600. The number of carboxylic acids is 1. The van der Waals surface area contributed by atoms with E-state index < -0.39 is 5.97 Å². The lowest BCUT2D eigenvalue weighted by molar-refractivity contribution is -0.137. The van der Waals surface area contributed by atoms with Crippen LogP contribution < -0.4 is 5.32 Å². The monoisotopic (exact) mass is 211 g/mol. The summed E-state index contributed by atoms with van der Waals surface area (Å²) in [5, 5.41) is 15.9. The Balaban J connectivity index is 2.20. The van der Waals surface area contributed by atoms with Gasteiger partial charge in [-0.3, -0.25) is 9.48 Å². The van der Waals surface area contributed by atoms with Crippen molar-refractivity contribution in [3.05, 3.63) is 17.5 Å². The predicted molar refractivity (Wildman–Crippen MR) is 56.5 cm³/mol. The van der Waals surface area contributed by atoms with Gasteiger partial charge in [0.05, 0.1) is 5.69 Å². The Morgan fingerprint density at radius 1 is 1.67 bits per heavy atom. The molecule has 5 nitrogen and oxygen atoms in total. The van der Waals surface area contributed by atoms with Gasteiger partial charge in [0.1, 0.15) is 0 Å². The molecule has 2 N–H and O–H groups in total. The Morgan fingerprint density at radius 2 is 2.40 bits per heavy atom. The fourth-order valence-electron chi connectivity index (χ4n) is 1.41. The van der Waals surface area contributed by atoms with E-state index in [1.54, 1.807) is 4.68 Å². The van der Waals surface area contributed by atoms with Crippen LogP contribution in [0.15, 0.2) is 6.20 Å². The average molecular weight is 211 g/mol. The van der Waals surface area contributed by atoms with Crippen molar-refractivity contribution in [3.8, 4) is 0 Å². The maximum atomic E-state index is 10.2. The molecule has 1 rings (SSSR count). The van der Waals surface area contributed by atoms with Gasteiger partial charge in [-0.25, -0.2) is 0 Å². The van der Waals surface area contributed by atoms with E-state index in [9.17, 15) is 4.79 Å². The van der Waals surface area contributed by atoms with E-state index in [2.05, 4.69) is 10.4 Å². The van der Waals surface area contributed by atoms with E-state index >= 15 is 0 Å². The second kappa shape index (κ2) is 5.50. The van der Waals surface area contributed by atoms with Crippen molar-refractivity contribution in [2.45, 2.75) is 26.3 Å². The zero-order chi connectivity index (χ0) is 11.3. The zero-order valence-electron chi connectivity index (χ0n) is 9.16. The van der Waals surface area contributed by atoms with Crippen LogP contribution in [0.5, 0.6) is 0 Å². The summed E-state index contributed by atoms with van der Waals surface area (Å²) in [7, 11) is 1.89. The number of aliphatic carboxylic acids is 1. The Labute approximate surface area is 89.1 Å². The molecule has 0 aliphatic heterocycles. The molecule has 0 spiro atoms. The number of hydrogen-bond acceptors (Lipinski definition) is 3. The standard InChI is InChI=1S/C10H17N3O2/c1-8-9(7-13(2)12-8)6-11-5-3-4-10(14)15/h7,11H,3-6H2,1-2H3,(H,14,15). The van der Waals surface area contributed by atoms with Gasteiger partial charge in [-0.1, -0.05) is 0 Å². The van der Waals surface area contributed by atoms with Crippen molar-refractivity contribution in [2.75, 3.05) is 6.54 Å². The molecule has 0 atom stereocenters. The average Bonchev–Trinajstić information content (AvgIpc) is 2.44. The third kappa shape index (κ3) is 4.12. The van der Waals surface area contributed by atoms with Gasteiger partial charge < -0.3 is 10.4 Å². The van der Waals surface area contributed by atoms with Crippen molar-refractivity contribution >= 4 is 5.97 Å². The van der Waals surface area contributed by atoms with Gasteiger partial charge in [-0.15, -0.1) is 0 Å². The largest absolute Gasteiger partial charge is 0.481 e. The summed E-state index contributed by atoms with van der Waals surface area (Å²) in [6.45, 7) is 3.44. The Hall–Kier alpha value is -1.36. The second-order valence-corrected chi connectivity index (χ2v) is 3.59. The van der Waals surface area contributed by atoms with Crippen LogP contribution in [-0.4, -0.2) is 27.4 Å². The molecule has 1 aromatic heterocycles. The summed E-state index contributed by atoms with van der Waals surface area (Å²) >= 11 is 0. The number of hydrogen-bond donors (Lipinski definition) is 2. The normalized spacial score (nSPS) is 10.5. The molecule has 0 aliphatic rings. The molecule has 0 bridgehead atoms. The lowest BCUT2D eigenvalue weighted by atomic mass is 10.2. The van der Waals surface area contributed by atoms with Crippen LogP contribution in [0.1, 0.15) is 24.1 Å². The second-order valence-electron chi connectivity index (χ2n) is 3.59. The first-order valence-corrected chi connectivity index (χ1v) is 5.01. The highest BCUT2D eigenvalue weighted by Gasteiger charge is 2.02. The van der Waals surface area contributed by atoms with Crippen LogP contribution in [0, 0.1) is 6.92 Å². The van der Waals surface area contributed by atoms with E-state index in [1.807, 2.05) is 20.2 Å². The SMILES string of the molecule is Cc1nn(C)cc1CNCCCC(=O)O. The summed E-state index contributed by atoms with van der Waals surface area (Å²) in [6.07, 6.45) is 2.85. The molecular weight excluding hydrogens is 194 g/mol. The number of aryl methyl sites for hydroxylation is 2. The number of nitrogens with one attached hydrogen (secondary N) is 1. The maximum Gasteiger partial charge on any atom is 0.303 e. The summed E-state index contributed by atoms with van der Waals surface area (Å²) in [6, 6.07) is 0. The molecule has 15 heavy (non-hydrogen) atoms. The van der Waals surface area contributed by atoms with Crippen LogP contribution in [0.25, 0.3) is 0 Å². The molecule has 1 heterocycles. The number of carboxylic acid groups (broad SMARTS) is 1. The summed E-state index contributed by atoms with van der Waals surface area (Å²) in [5.41, 5.74) is 2.18. The lowest BCUT2D eigenvalue weighted by Crippen LogP contribution is -2.15. The number of rotatable bonds is 6. The van der Waals surface area contributed by atoms with Crippen LogP contribution >= 0.6 is 0 Å². The van der Waals surface area contributed by atoms with E-state index in [0.717, 1.165) is 24.3 Å². The summed E-state index contributed by atoms with van der Waals surface area (Å²) < 4.78 is 1.78. The van der Waals surface area contributed by atoms with Crippen molar-refractivity contribution < 1.29 is 9.90 Å². The third-order valence-electron chi connectivity index (χ3n) is 2.17. The highest BCUT2D eigenvalue weighted by molar-refractivity contribution is 5.66. The van der Waals surface area contributed by atoms with Gasteiger partial charge in [-0.2, -0.15) is 5.10 Å². The Kier molecular flexibility index (Phi) is 4.30. The molecular formula is C10H17N3O2. The van der Waals surface area contributed by atoms with Crippen LogP contribution in [0.3, 0.4) is 0 Å². The van der Waals surface area contributed by atoms with E-state index in [0.29, 0.717) is 6.42 Å². The van der Waals surface area contributed by atoms with Crippen LogP contribution in [0.4, 0.5) is 0 Å². The Bertz CT molecular complexity index is 333. The molecule has 0 amide bonds. The molecule has 0 saturated carbocycles. The first kappa shape index (κ1) is 11.7. The van der Waals surface area contributed by atoms with Crippen molar-refractivity contribution in [1.82, 2.24) is 15.1 Å². The number of aromatic nitrogens is 2. The first-order valence-electron chi connectivity index (χ1n) is 5.01. The molecule has 0 aliphatic carbocycles. The fourth-order valence-corrected chi connectivity index (χ4v) is 1.41. The van der Waals surface area contributed by atoms with Gasteiger partial charge in [0, 0.05) is 31.8 Å². The van der Waals surface area contributed by atoms with Crippen molar-refractivity contribution in [3.63, 3.8) is 0 Å². The third-order valence-corrected chi connectivity index (χ3v) is 2.17. The van der Waals surface area contributed by atoms with E-state index in [-0.39, 0.29) is 6.42 Å². The quantitative estimate of drug-likeness (QED) is 0.679. The minimum Gasteiger partial charge on any atom is -0.481 e.